The number of rotatable bonds is 4. The van der Waals surface area contributed by atoms with Gasteiger partial charge in [0.15, 0.2) is 0 Å². The van der Waals surface area contributed by atoms with E-state index in [1.807, 2.05) is 11.4 Å². The van der Waals surface area contributed by atoms with Gasteiger partial charge >= 0.3 is 0 Å². The van der Waals surface area contributed by atoms with Gasteiger partial charge in [0.05, 0.1) is 6.10 Å². The molecule has 0 saturated carbocycles. The van der Waals surface area contributed by atoms with Crippen molar-refractivity contribution in [1.82, 2.24) is 0 Å². The van der Waals surface area contributed by atoms with Crippen LogP contribution in [0.25, 0.3) is 0 Å². The maximum absolute atomic E-state index is 9.82. The number of hydrogen-bond donors (Lipinski definition) is 1. The van der Waals surface area contributed by atoms with Crippen LogP contribution in [-0.2, 0) is 0 Å². The summed E-state index contributed by atoms with van der Waals surface area (Å²) < 4.78 is 1.04. The van der Waals surface area contributed by atoms with Gasteiger partial charge in [-0.05, 0) is 46.1 Å². The van der Waals surface area contributed by atoms with Crippen LogP contribution in [0.5, 0.6) is 0 Å². The average Bonchev–Trinajstić information content (AvgIpc) is 2.47. The van der Waals surface area contributed by atoms with Crippen molar-refractivity contribution in [2.45, 2.75) is 32.8 Å². The molecule has 1 aromatic heterocycles. The third-order valence-electron chi connectivity index (χ3n) is 1.96. The molecule has 1 nitrogen and oxygen atoms in total. The van der Waals surface area contributed by atoms with Crippen LogP contribution in [0.4, 0.5) is 0 Å². The van der Waals surface area contributed by atoms with E-state index in [9.17, 15) is 5.11 Å². The Morgan fingerprint density at radius 3 is 2.62 bits per heavy atom. The van der Waals surface area contributed by atoms with Crippen LogP contribution in [0.1, 0.15) is 37.7 Å². The molecule has 0 amide bonds. The third-order valence-corrected chi connectivity index (χ3v) is 3.94. The summed E-state index contributed by atoms with van der Waals surface area (Å²) in [6.45, 7) is 4.35. The summed E-state index contributed by atoms with van der Waals surface area (Å²) in [6, 6.07) is 1.98. The maximum Gasteiger partial charge on any atom is 0.0893 e. The molecule has 1 N–H and O–H groups in total. The Kier molecular flexibility index (Phi) is 4.42. The van der Waals surface area contributed by atoms with Crippen LogP contribution in [0.2, 0.25) is 0 Å². The molecule has 1 aromatic rings. The van der Waals surface area contributed by atoms with E-state index in [1.54, 1.807) is 11.3 Å². The van der Waals surface area contributed by atoms with E-state index >= 15 is 0 Å². The van der Waals surface area contributed by atoms with Crippen molar-refractivity contribution >= 4 is 27.3 Å². The lowest BCUT2D eigenvalue weighted by Gasteiger charge is -2.10. The quantitative estimate of drug-likeness (QED) is 0.871. The highest BCUT2D eigenvalue weighted by atomic mass is 79.9. The van der Waals surface area contributed by atoms with Gasteiger partial charge < -0.3 is 5.11 Å². The zero-order valence-electron chi connectivity index (χ0n) is 7.96. The largest absolute Gasteiger partial charge is 0.388 e. The van der Waals surface area contributed by atoms with Gasteiger partial charge in [-0.3, -0.25) is 0 Å². The van der Waals surface area contributed by atoms with Gasteiger partial charge in [0, 0.05) is 9.35 Å². The Morgan fingerprint density at radius 2 is 2.15 bits per heavy atom. The number of aliphatic hydroxyl groups is 1. The van der Waals surface area contributed by atoms with Crippen LogP contribution in [0.15, 0.2) is 15.9 Å². The van der Waals surface area contributed by atoms with E-state index in [4.69, 9.17) is 0 Å². The first kappa shape index (κ1) is 11.2. The normalized spacial score (nSPS) is 13.6. The summed E-state index contributed by atoms with van der Waals surface area (Å²) in [4.78, 5) is 1.06. The monoisotopic (exact) mass is 262 g/mol. The van der Waals surface area contributed by atoms with Gasteiger partial charge in [-0.2, -0.15) is 0 Å². The molecule has 0 fully saturated rings. The summed E-state index contributed by atoms with van der Waals surface area (Å²) in [7, 11) is 0. The summed E-state index contributed by atoms with van der Waals surface area (Å²) >= 11 is 5.04. The first-order chi connectivity index (χ1) is 6.11. The summed E-state index contributed by atoms with van der Waals surface area (Å²) in [5.41, 5.74) is 0. The predicted octanol–water partition coefficient (Wildman–Crippen LogP) is 3.98. The van der Waals surface area contributed by atoms with Crippen molar-refractivity contribution in [3.63, 3.8) is 0 Å². The molecular weight excluding hydrogens is 248 g/mol. The zero-order valence-corrected chi connectivity index (χ0v) is 10.4. The van der Waals surface area contributed by atoms with E-state index in [2.05, 4.69) is 29.8 Å². The van der Waals surface area contributed by atoms with Crippen LogP contribution in [0.3, 0.4) is 0 Å². The van der Waals surface area contributed by atoms with Gasteiger partial charge in [0.2, 0.25) is 0 Å². The SMILES string of the molecule is CC(C)CCC(O)c1sccc1Br. The van der Waals surface area contributed by atoms with Crippen molar-refractivity contribution in [2.24, 2.45) is 5.92 Å². The first-order valence-corrected chi connectivity index (χ1v) is 6.19. The minimum Gasteiger partial charge on any atom is -0.388 e. The molecule has 1 atom stereocenters. The third kappa shape index (κ3) is 3.41. The second-order valence-electron chi connectivity index (χ2n) is 3.62. The molecule has 74 valence electrons. The van der Waals surface area contributed by atoms with Crippen molar-refractivity contribution in [3.05, 3.63) is 20.8 Å². The molecule has 0 aromatic carbocycles. The number of thiophene rings is 1. The van der Waals surface area contributed by atoms with E-state index in [-0.39, 0.29) is 6.10 Å². The van der Waals surface area contributed by atoms with Crippen molar-refractivity contribution in [3.8, 4) is 0 Å². The average molecular weight is 263 g/mol. The topological polar surface area (TPSA) is 20.2 Å². The Labute approximate surface area is 91.9 Å². The van der Waals surface area contributed by atoms with E-state index < -0.39 is 0 Å². The fraction of sp³-hybridized carbons (Fsp3) is 0.600. The molecule has 0 aliphatic rings. The zero-order chi connectivity index (χ0) is 9.84. The number of halogens is 1. The lowest BCUT2D eigenvalue weighted by Crippen LogP contribution is -1.98. The van der Waals surface area contributed by atoms with Gasteiger partial charge in [-0.15, -0.1) is 11.3 Å². The van der Waals surface area contributed by atoms with E-state index in [1.165, 1.54) is 0 Å². The summed E-state index contributed by atoms with van der Waals surface area (Å²) in [5, 5.41) is 11.8. The van der Waals surface area contributed by atoms with Crippen molar-refractivity contribution < 1.29 is 5.11 Å². The molecule has 3 heteroatoms. The lowest BCUT2D eigenvalue weighted by atomic mass is 10.0. The number of aliphatic hydroxyl groups excluding tert-OH is 1. The fourth-order valence-corrected chi connectivity index (χ4v) is 2.82. The highest BCUT2D eigenvalue weighted by molar-refractivity contribution is 9.10. The van der Waals surface area contributed by atoms with Crippen molar-refractivity contribution in [1.29, 1.82) is 0 Å². The molecule has 0 radical (unpaired) electrons. The lowest BCUT2D eigenvalue weighted by molar-refractivity contribution is 0.162. The minimum absolute atomic E-state index is 0.295. The van der Waals surface area contributed by atoms with Gasteiger partial charge in [0.1, 0.15) is 0 Å². The molecule has 1 unspecified atom stereocenters. The molecule has 0 aliphatic heterocycles. The summed E-state index contributed by atoms with van der Waals surface area (Å²) in [6.07, 6.45) is 1.64. The fourth-order valence-electron chi connectivity index (χ4n) is 1.17. The first-order valence-electron chi connectivity index (χ1n) is 4.52. The molecule has 1 rings (SSSR count). The van der Waals surface area contributed by atoms with Gasteiger partial charge in [-0.25, -0.2) is 0 Å². The predicted molar refractivity (Wildman–Crippen MR) is 61.1 cm³/mol. The molecule has 0 aliphatic carbocycles. The van der Waals surface area contributed by atoms with E-state index in [0.717, 1.165) is 22.2 Å². The highest BCUT2D eigenvalue weighted by Crippen LogP contribution is 2.31. The standard InChI is InChI=1S/C10H15BrOS/c1-7(2)3-4-9(12)10-8(11)5-6-13-10/h5-7,9,12H,3-4H2,1-2H3. The van der Waals surface area contributed by atoms with Crippen LogP contribution >= 0.6 is 27.3 Å². The molecule has 0 saturated heterocycles. The Balaban J connectivity index is 2.49. The number of hydrogen-bond acceptors (Lipinski definition) is 2. The van der Waals surface area contributed by atoms with Crippen LogP contribution in [0, 0.1) is 5.92 Å². The smallest absolute Gasteiger partial charge is 0.0893 e. The summed E-state index contributed by atoms with van der Waals surface area (Å²) in [5.74, 6) is 0.661. The van der Waals surface area contributed by atoms with Gasteiger partial charge in [-0.1, -0.05) is 13.8 Å². The highest BCUT2D eigenvalue weighted by Gasteiger charge is 2.12. The van der Waals surface area contributed by atoms with Gasteiger partial charge in [0.25, 0.3) is 0 Å². The molecule has 0 bridgehead atoms. The second-order valence-corrected chi connectivity index (χ2v) is 5.42. The van der Waals surface area contributed by atoms with E-state index in [0.29, 0.717) is 5.92 Å². The molecular formula is C10H15BrOS. The minimum atomic E-state index is -0.295. The van der Waals surface area contributed by atoms with Crippen LogP contribution in [-0.4, -0.2) is 5.11 Å². The molecule has 0 spiro atoms. The maximum atomic E-state index is 9.82. The Hall–Kier alpha value is 0.140. The van der Waals surface area contributed by atoms with Crippen LogP contribution < -0.4 is 0 Å². The molecule has 13 heavy (non-hydrogen) atoms. The molecule has 1 heterocycles. The van der Waals surface area contributed by atoms with Crippen molar-refractivity contribution in [2.75, 3.05) is 0 Å². The Morgan fingerprint density at radius 1 is 1.46 bits per heavy atom. The Bertz CT molecular complexity index is 257. The second kappa shape index (κ2) is 5.13.